The Bertz CT molecular complexity index is 1780. The zero-order valence-electron chi connectivity index (χ0n) is 27.3. The molecular formula is C38H42ClN3O5S. The minimum absolute atomic E-state index is 0.000732. The van der Waals surface area contributed by atoms with Gasteiger partial charge in [-0.1, -0.05) is 109 Å². The molecule has 0 saturated heterocycles. The molecule has 4 aromatic rings. The van der Waals surface area contributed by atoms with Gasteiger partial charge < -0.3 is 15.0 Å². The average molecular weight is 688 g/mol. The van der Waals surface area contributed by atoms with E-state index in [0.29, 0.717) is 0 Å². The maximum atomic E-state index is 14.8. The van der Waals surface area contributed by atoms with Crippen LogP contribution < -0.4 is 14.4 Å². The number of carbonyl (C=O) groups is 2. The van der Waals surface area contributed by atoms with Crippen molar-refractivity contribution in [2.75, 3.05) is 18.0 Å². The fraction of sp³-hybridized carbons (Fsp3) is 0.316. The van der Waals surface area contributed by atoms with Crippen LogP contribution in [0.15, 0.2) is 108 Å². The van der Waals surface area contributed by atoms with Crippen molar-refractivity contribution in [1.29, 1.82) is 0 Å². The molecule has 8 nitrogen and oxygen atoms in total. The van der Waals surface area contributed by atoms with Crippen molar-refractivity contribution in [3.63, 3.8) is 0 Å². The van der Waals surface area contributed by atoms with Crippen molar-refractivity contribution in [2.45, 2.75) is 69.0 Å². The first-order chi connectivity index (χ1) is 23.2. The molecule has 2 amide bonds. The summed E-state index contributed by atoms with van der Waals surface area (Å²) >= 11 is 6.38. The maximum absolute atomic E-state index is 14.8. The van der Waals surface area contributed by atoms with Gasteiger partial charge in [-0.25, -0.2) is 8.42 Å². The molecule has 48 heavy (non-hydrogen) atoms. The second-order valence-corrected chi connectivity index (χ2v) is 14.5. The van der Waals surface area contributed by atoms with Crippen LogP contribution in [-0.4, -0.2) is 50.9 Å². The van der Waals surface area contributed by atoms with Crippen LogP contribution in [0.2, 0.25) is 5.02 Å². The van der Waals surface area contributed by atoms with E-state index in [1.54, 1.807) is 30.3 Å². The number of methoxy groups -OCH3 is 1. The first kappa shape index (κ1) is 35.0. The molecule has 5 rings (SSSR count). The van der Waals surface area contributed by atoms with Gasteiger partial charge in [0.2, 0.25) is 11.8 Å². The summed E-state index contributed by atoms with van der Waals surface area (Å²) in [6, 6.07) is 29.0. The van der Waals surface area contributed by atoms with E-state index in [2.05, 4.69) is 5.32 Å². The number of rotatable bonds is 13. The summed E-state index contributed by atoms with van der Waals surface area (Å²) < 4.78 is 35.2. The molecule has 10 heteroatoms. The summed E-state index contributed by atoms with van der Waals surface area (Å²) in [7, 11) is -2.86. The number of sulfonamides is 1. The number of amides is 2. The largest absolute Gasteiger partial charge is 0.495 e. The Hall–Kier alpha value is -4.34. The van der Waals surface area contributed by atoms with Gasteiger partial charge in [-0.2, -0.15) is 0 Å². The predicted molar refractivity (Wildman–Crippen MR) is 190 cm³/mol. The lowest BCUT2D eigenvalue weighted by Crippen LogP contribution is -2.55. The molecule has 0 aliphatic heterocycles. The van der Waals surface area contributed by atoms with Gasteiger partial charge in [0.15, 0.2) is 0 Å². The molecule has 0 spiro atoms. The topological polar surface area (TPSA) is 96.0 Å². The standard InChI is InChI=1S/C38H42ClN3O5S/c1-28-18-20-30(21-19-28)26-41(35(24-29-12-6-3-7-13-29)38(44)40-32-14-8-4-9-15-32)37(43)27-42(34-25-31(39)22-23-36(34)47-2)48(45,46)33-16-10-5-11-17-33/h3,5-7,10-13,16-23,25,32,35H,4,8-9,14-15,24,26-27H2,1-2H3,(H,40,44). The number of halogens is 1. The quantitative estimate of drug-likeness (QED) is 0.164. The number of anilines is 1. The number of nitrogens with zero attached hydrogens (tertiary/aromatic N) is 2. The van der Waals surface area contributed by atoms with E-state index < -0.39 is 28.5 Å². The molecule has 252 valence electrons. The van der Waals surface area contributed by atoms with Crippen molar-refractivity contribution in [3.8, 4) is 5.75 Å². The Morgan fingerprint density at radius 1 is 0.875 bits per heavy atom. The van der Waals surface area contributed by atoms with Crippen LogP contribution >= 0.6 is 11.6 Å². The van der Waals surface area contributed by atoms with Crippen molar-refractivity contribution >= 4 is 39.1 Å². The molecule has 0 bridgehead atoms. The van der Waals surface area contributed by atoms with Crippen LogP contribution in [0.1, 0.15) is 48.8 Å². The molecule has 1 unspecified atom stereocenters. The van der Waals surface area contributed by atoms with Gasteiger partial charge in [-0.05, 0) is 61.2 Å². The van der Waals surface area contributed by atoms with Gasteiger partial charge in [-0.3, -0.25) is 13.9 Å². The highest BCUT2D eigenvalue weighted by Crippen LogP contribution is 2.35. The normalized spacial score (nSPS) is 14.1. The maximum Gasteiger partial charge on any atom is 0.264 e. The van der Waals surface area contributed by atoms with E-state index >= 15 is 0 Å². The summed E-state index contributed by atoms with van der Waals surface area (Å²) in [6.45, 7) is 1.48. The van der Waals surface area contributed by atoms with Crippen LogP contribution in [0.4, 0.5) is 5.69 Å². The Morgan fingerprint density at radius 2 is 1.52 bits per heavy atom. The first-order valence-electron chi connectivity index (χ1n) is 16.3. The second kappa shape index (κ2) is 16.2. The Morgan fingerprint density at radius 3 is 2.17 bits per heavy atom. The average Bonchev–Trinajstić information content (AvgIpc) is 3.10. The zero-order chi connectivity index (χ0) is 34.1. The lowest BCUT2D eigenvalue weighted by atomic mass is 9.94. The van der Waals surface area contributed by atoms with E-state index in [4.69, 9.17) is 16.3 Å². The van der Waals surface area contributed by atoms with E-state index in [-0.39, 0.29) is 46.3 Å². The van der Waals surface area contributed by atoms with Crippen LogP contribution in [-0.2, 0) is 32.6 Å². The fourth-order valence-corrected chi connectivity index (χ4v) is 7.68. The Labute approximate surface area is 288 Å². The number of hydrogen-bond acceptors (Lipinski definition) is 5. The number of aryl methyl sites for hydroxylation is 1. The summed E-state index contributed by atoms with van der Waals surface area (Å²) in [6.07, 6.45) is 5.22. The molecule has 1 N–H and O–H groups in total. The summed E-state index contributed by atoms with van der Waals surface area (Å²) in [5, 5.41) is 3.51. The number of ether oxygens (including phenoxy) is 1. The molecule has 1 fully saturated rings. The lowest BCUT2D eigenvalue weighted by Gasteiger charge is -2.35. The van der Waals surface area contributed by atoms with E-state index in [9.17, 15) is 18.0 Å². The smallest absolute Gasteiger partial charge is 0.264 e. The van der Waals surface area contributed by atoms with Crippen LogP contribution in [0.25, 0.3) is 0 Å². The van der Waals surface area contributed by atoms with E-state index in [1.807, 2.05) is 61.5 Å². The van der Waals surface area contributed by atoms with Crippen molar-refractivity contribution in [2.24, 2.45) is 0 Å². The van der Waals surface area contributed by atoms with Gasteiger partial charge in [0.05, 0.1) is 17.7 Å². The van der Waals surface area contributed by atoms with E-state index in [0.717, 1.165) is 53.1 Å². The molecule has 0 aromatic heterocycles. The first-order valence-corrected chi connectivity index (χ1v) is 18.1. The van der Waals surface area contributed by atoms with Crippen LogP contribution in [0.5, 0.6) is 5.75 Å². The van der Waals surface area contributed by atoms with E-state index in [1.165, 1.54) is 30.2 Å². The number of nitrogens with one attached hydrogen (secondary N) is 1. The van der Waals surface area contributed by atoms with Crippen molar-refractivity contribution < 1.29 is 22.7 Å². The third-order valence-electron chi connectivity index (χ3n) is 8.72. The predicted octanol–water partition coefficient (Wildman–Crippen LogP) is 6.94. The zero-order valence-corrected chi connectivity index (χ0v) is 28.9. The summed E-state index contributed by atoms with van der Waals surface area (Å²) in [5.41, 5.74) is 2.87. The molecule has 0 radical (unpaired) electrons. The number of carbonyl (C=O) groups excluding carboxylic acids is 2. The van der Waals surface area contributed by atoms with Gasteiger partial charge in [0, 0.05) is 24.0 Å². The molecule has 1 saturated carbocycles. The molecular weight excluding hydrogens is 646 g/mol. The highest BCUT2D eigenvalue weighted by Gasteiger charge is 2.36. The Kier molecular flexibility index (Phi) is 11.8. The van der Waals surface area contributed by atoms with Crippen LogP contribution in [0, 0.1) is 6.92 Å². The number of benzene rings is 4. The molecule has 0 heterocycles. The SMILES string of the molecule is COc1ccc(Cl)cc1N(CC(=O)N(Cc1ccc(C)cc1)C(Cc1ccccc1)C(=O)NC1CCCCC1)S(=O)(=O)c1ccccc1. The summed E-state index contributed by atoms with van der Waals surface area (Å²) in [4.78, 5) is 30.5. The Balaban J connectivity index is 1.59. The fourth-order valence-electron chi connectivity index (χ4n) is 6.08. The third kappa shape index (κ3) is 8.76. The van der Waals surface area contributed by atoms with Crippen LogP contribution in [0.3, 0.4) is 0 Å². The van der Waals surface area contributed by atoms with Gasteiger partial charge in [0.25, 0.3) is 10.0 Å². The monoisotopic (exact) mass is 687 g/mol. The molecule has 1 aliphatic rings. The highest BCUT2D eigenvalue weighted by molar-refractivity contribution is 7.92. The minimum Gasteiger partial charge on any atom is -0.495 e. The number of hydrogen-bond donors (Lipinski definition) is 1. The third-order valence-corrected chi connectivity index (χ3v) is 10.7. The van der Waals surface area contributed by atoms with Gasteiger partial charge in [0.1, 0.15) is 18.3 Å². The van der Waals surface area contributed by atoms with Gasteiger partial charge in [-0.15, -0.1) is 0 Å². The lowest BCUT2D eigenvalue weighted by molar-refractivity contribution is -0.140. The molecule has 1 atom stereocenters. The summed E-state index contributed by atoms with van der Waals surface area (Å²) in [5.74, 6) is -0.575. The van der Waals surface area contributed by atoms with Crippen molar-refractivity contribution in [1.82, 2.24) is 10.2 Å². The second-order valence-electron chi connectivity index (χ2n) is 12.2. The molecule has 1 aliphatic carbocycles. The van der Waals surface area contributed by atoms with Gasteiger partial charge >= 0.3 is 0 Å². The highest BCUT2D eigenvalue weighted by atomic mass is 35.5. The minimum atomic E-state index is -4.29. The molecule has 4 aromatic carbocycles. The van der Waals surface area contributed by atoms with Crippen molar-refractivity contribution in [3.05, 3.63) is 125 Å².